The molecule has 0 spiro atoms. The monoisotopic (exact) mass is 275 g/mol. The van der Waals surface area contributed by atoms with E-state index in [1.54, 1.807) is 4.90 Å². The highest BCUT2D eigenvalue weighted by molar-refractivity contribution is 5.95. The number of piperazine rings is 1. The van der Waals surface area contributed by atoms with Gasteiger partial charge in [-0.15, -0.1) is 0 Å². The van der Waals surface area contributed by atoms with Gasteiger partial charge in [-0.3, -0.25) is 9.59 Å². The number of amides is 1. The number of pyridine rings is 1. The first-order chi connectivity index (χ1) is 9.59. The minimum absolute atomic E-state index is 0.103. The summed E-state index contributed by atoms with van der Waals surface area (Å²) < 4.78 is 1.81. The van der Waals surface area contributed by atoms with Gasteiger partial charge in [0.05, 0.1) is 0 Å². The summed E-state index contributed by atoms with van der Waals surface area (Å²) in [6.45, 7) is 6.76. The molecule has 2 fully saturated rings. The number of nitrogens with one attached hydrogen (secondary N) is 1. The number of carbonyl (C=O) groups excluding carboxylic acids is 1. The van der Waals surface area contributed by atoms with Gasteiger partial charge >= 0.3 is 0 Å². The van der Waals surface area contributed by atoms with Crippen LogP contribution >= 0.6 is 0 Å². The molecule has 0 bridgehead atoms. The zero-order chi connectivity index (χ0) is 14.3. The lowest BCUT2D eigenvalue weighted by Crippen LogP contribution is -2.48. The molecule has 1 aliphatic carbocycles. The van der Waals surface area contributed by atoms with Crippen molar-refractivity contribution in [1.29, 1.82) is 0 Å². The maximum absolute atomic E-state index is 12.7. The molecule has 108 valence electrons. The van der Waals surface area contributed by atoms with E-state index in [9.17, 15) is 9.59 Å². The van der Waals surface area contributed by atoms with Crippen molar-refractivity contribution < 1.29 is 4.79 Å². The SMILES string of the molecule is Cc1cc(C)n(C2CC2)c(=O)c1C(=O)N1CCNCC1. The Labute approximate surface area is 118 Å². The molecule has 1 aromatic rings. The predicted molar refractivity (Wildman–Crippen MR) is 77.2 cm³/mol. The van der Waals surface area contributed by atoms with Crippen molar-refractivity contribution in [3.05, 3.63) is 33.2 Å². The molecular formula is C15H21N3O2. The lowest BCUT2D eigenvalue weighted by Gasteiger charge is -2.28. The van der Waals surface area contributed by atoms with E-state index in [4.69, 9.17) is 0 Å². The van der Waals surface area contributed by atoms with E-state index in [1.807, 2.05) is 24.5 Å². The van der Waals surface area contributed by atoms with Crippen molar-refractivity contribution in [2.24, 2.45) is 0 Å². The van der Waals surface area contributed by atoms with E-state index in [1.165, 1.54) is 0 Å². The summed E-state index contributed by atoms with van der Waals surface area (Å²) in [4.78, 5) is 27.1. The zero-order valence-corrected chi connectivity index (χ0v) is 12.1. The van der Waals surface area contributed by atoms with E-state index in [0.29, 0.717) is 24.7 Å². The number of aryl methyl sites for hydroxylation is 2. The molecule has 1 amide bonds. The molecular weight excluding hydrogens is 254 g/mol. The summed E-state index contributed by atoms with van der Waals surface area (Å²) in [6, 6.07) is 2.27. The van der Waals surface area contributed by atoms with Crippen molar-refractivity contribution in [2.75, 3.05) is 26.2 Å². The smallest absolute Gasteiger partial charge is 0.264 e. The van der Waals surface area contributed by atoms with Crippen LogP contribution in [0.3, 0.4) is 0 Å². The lowest BCUT2D eigenvalue weighted by molar-refractivity contribution is 0.0732. The molecule has 0 aromatic carbocycles. The van der Waals surface area contributed by atoms with Crippen LogP contribution in [0.4, 0.5) is 0 Å². The third-order valence-electron chi connectivity index (χ3n) is 4.16. The number of hydrogen-bond acceptors (Lipinski definition) is 3. The van der Waals surface area contributed by atoms with E-state index in [0.717, 1.165) is 37.2 Å². The largest absolute Gasteiger partial charge is 0.336 e. The molecule has 20 heavy (non-hydrogen) atoms. The first-order valence-electron chi connectivity index (χ1n) is 7.32. The Hall–Kier alpha value is -1.62. The fourth-order valence-electron chi connectivity index (χ4n) is 2.98. The van der Waals surface area contributed by atoms with Crippen molar-refractivity contribution >= 4 is 5.91 Å². The van der Waals surface area contributed by atoms with Crippen LogP contribution in [0.15, 0.2) is 10.9 Å². The van der Waals surface area contributed by atoms with Crippen LogP contribution in [0.2, 0.25) is 0 Å². The highest BCUT2D eigenvalue weighted by Crippen LogP contribution is 2.34. The average Bonchev–Trinajstić information content (AvgIpc) is 3.23. The summed E-state index contributed by atoms with van der Waals surface area (Å²) in [5, 5.41) is 3.22. The van der Waals surface area contributed by atoms with Crippen LogP contribution in [-0.4, -0.2) is 41.6 Å². The van der Waals surface area contributed by atoms with Gasteiger partial charge in [0.2, 0.25) is 0 Å². The third kappa shape index (κ3) is 2.26. The highest BCUT2D eigenvalue weighted by atomic mass is 16.2. The highest BCUT2D eigenvalue weighted by Gasteiger charge is 2.30. The fraction of sp³-hybridized carbons (Fsp3) is 0.600. The van der Waals surface area contributed by atoms with Crippen LogP contribution in [0, 0.1) is 13.8 Å². The summed E-state index contributed by atoms with van der Waals surface area (Å²) in [5.41, 5.74) is 2.03. The van der Waals surface area contributed by atoms with Crippen molar-refractivity contribution in [3.8, 4) is 0 Å². The maximum atomic E-state index is 12.7. The van der Waals surface area contributed by atoms with Crippen molar-refractivity contribution in [1.82, 2.24) is 14.8 Å². The molecule has 2 heterocycles. The summed E-state index contributed by atoms with van der Waals surface area (Å²) >= 11 is 0. The molecule has 3 rings (SSSR count). The second-order valence-corrected chi connectivity index (χ2v) is 5.79. The molecule has 5 nitrogen and oxygen atoms in total. The summed E-state index contributed by atoms with van der Waals surface area (Å²) in [6.07, 6.45) is 2.09. The zero-order valence-electron chi connectivity index (χ0n) is 12.1. The number of hydrogen-bond donors (Lipinski definition) is 1. The van der Waals surface area contributed by atoms with E-state index in [-0.39, 0.29) is 11.5 Å². The molecule has 1 aliphatic heterocycles. The van der Waals surface area contributed by atoms with Crippen molar-refractivity contribution in [3.63, 3.8) is 0 Å². The van der Waals surface area contributed by atoms with Crippen LogP contribution < -0.4 is 10.9 Å². The second kappa shape index (κ2) is 5.05. The standard InChI is InChI=1S/C15H21N3O2/c1-10-9-11(2)18(12-3-4-12)15(20)13(10)14(19)17-7-5-16-6-8-17/h9,12,16H,3-8H2,1-2H3. The Morgan fingerprint density at radius 1 is 1.25 bits per heavy atom. The number of carbonyl (C=O) groups is 1. The van der Waals surface area contributed by atoms with Gasteiger partial charge in [-0.05, 0) is 38.3 Å². The fourth-order valence-corrected chi connectivity index (χ4v) is 2.98. The third-order valence-corrected chi connectivity index (χ3v) is 4.16. The Morgan fingerprint density at radius 2 is 1.90 bits per heavy atom. The Bertz CT molecular complexity index is 596. The number of nitrogens with zero attached hydrogens (tertiary/aromatic N) is 2. The molecule has 1 aromatic heterocycles. The number of aromatic nitrogens is 1. The summed E-state index contributed by atoms with van der Waals surface area (Å²) in [7, 11) is 0. The van der Waals surface area contributed by atoms with Gasteiger partial charge in [0.25, 0.3) is 11.5 Å². The van der Waals surface area contributed by atoms with Gasteiger partial charge in [0, 0.05) is 37.9 Å². The van der Waals surface area contributed by atoms with E-state index in [2.05, 4.69) is 5.32 Å². The van der Waals surface area contributed by atoms with Gasteiger partial charge in [-0.25, -0.2) is 0 Å². The molecule has 1 N–H and O–H groups in total. The van der Waals surface area contributed by atoms with Gasteiger partial charge in [-0.1, -0.05) is 0 Å². The van der Waals surface area contributed by atoms with Gasteiger partial charge in [0.1, 0.15) is 5.56 Å². The topological polar surface area (TPSA) is 54.3 Å². The molecule has 0 radical (unpaired) electrons. The Balaban J connectivity index is 2.01. The molecule has 0 atom stereocenters. The Kier molecular flexibility index (Phi) is 3.38. The normalized spacial score (nSPS) is 19.2. The second-order valence-electron chi connectivity index (χ2n) is 5.79. The first kappa shape index (κ1) is 13.4. The predicted octanol–water partition coefficient (Wildman–Crippen LogP) is 0.845. The van der Waals surface area contributed by atoms with Crippen LogP contribution in [0.1, 0.15) is 40.5 Å². The van der Waals surface area contributed by atoms with Gasteiger partial charge in [0.15, 0.2) is 0 Å². The van der Waals surface area contributed by atoms with Gasteiger partial charge < -0.3 is 14.8 Å². The van der Waals surface area contributed by atoms with Crippen LogP contribution in [0.5, 0.6) is 0 Å². The molecule has 2 aliphatic rings. The molecule has 5 heteroatoms. The average molecular weight is 275 g/mol. The molecule has 0 unspecified atom stereocenters. The van der Waals surface area contributed by atoms with E-state index >= 15 is 0 Å². The quantitative estimate of drug-likeness (QED) is 0.870. The Morgan fingerprint density at radius 3 is 2.50 bits per heavy atom. The summed E-state index contributed by atoms with van der Waals surface area (Å²) in [5.74, 6) is -0.108. The van der Waals surface area contributed by atoms with Crippen LogP contribution in [-0.2, 0) is 0 Å². The minimum atomic E-state index is -0.108. The van der Waals surface area contributed by atoms with Crippen LogP contribution in [0.25, 0.3) is 0 Å². The molecule has 1 saturated heterocycles. The first-order valence-corrected chi connectivity index (χ1v) is 7.32. The minimum Gasteiger partial charge on any atom is -0.336 e. The molecule has 1 saturated carbocycles. The van der Waals surface area contributed by atoms with Crippen molar-refractivity contribution in [2.45, 2.75) is 32.7 Å². The number of rotatable bonds is 2. The maximum Gasteiger partial charge on any atom is 0.264 e. The van der Waals surface area contributed by atoms with E-state index < -0.39 is 0 Å². The van der Waals surface area contributed by atoms with Gasteiger partial charge in [-0.2, -0.15) is 0 Å². The lowest BCUT2D eigenvalue weighted by atomic mass is 10.1.